The van der Waals surface area contributed by atoms with Gasteiger partial charge in [-0.3, -0.25) is 9.40 Å². The fourth-order valence-corrected chi connectivity index (χ4v) is 3.11. The average molecular weight is 280 g/mol. The van der Waals surface area contributed by atoms with Crippen LogP contribution in [0.25, 0.3) is 0 Å². The van der Waals surface area contributed by atoms with Crippen LogP contribution in [0.4, 0.5) is 5.82 Å². The Labute approximate surface area is 112 Å². The Hall–Kier alpha value is -1.86. The van der Waals surface area contributed by atoms with Gasteiger partial charge in [-0.15, -0.1) is 0 Å². The molecule has 19 heavy (non-hydrogen) atoms. The first-order valence-electron chi connectivity index (χ1n) is 5.74. The topological polar surface area (TPSA) is 90.0 Å². The molecule has 7 heteroatoms. The van der Waals surface area contributed by atoms with Crippen LogP contribution in [-0.2, 0) is 23.6 Å². The molecule has 0 aliphatic carbocycles. The van der Waals surface area contributed by atoms with Crippen LogP contribution in [0.5, 0.6) is 0 Å². The SMILES string of the molecule is Cc1ccc(CN)cc1S(=O)(=O)Nc1ccnn1C. The average Bonchev–Trinajstić information content (AvgIpc) is 2.75. The summed E-state index contributed by atoms with van der Waals surface area (Å²) in [5, 5.41) is 3.92. The summed E-state index contributed by atoms with van der Waals surface area (Å²) in [6, 6.07) is 6.76. The molecule has 6 nitrogen and oxygen atoms in total. The molecule has 0 spiro atoms. The van der Waals surface area contributed by atoms with E-state index in [0.717, 1.165) is 5.56 Å². The molecule has 0 fully saturated rings. The second-order valence-corrected chi connectivity index (χ2v) is 5.90. The van der Waals surface area contributed by atoms with Gasteiger partial charge in [0.25, 0.3) is 10.0 Å². The van der Waals surface area contributed by atoms with Gasteiger partial charge in [0.15, 0.2) is 0 Å². The van der Waals surface area contributed by atoms with Crippen LogP contribution in [0.3, 0.4) is 0 Å². The summed E-state index contributed by atoms with van der Waals surface area (Å²) in [5.74, 6) is 0.414. The third-order valence-electron chi connectivity index (χ3n) is 2.84. The molecule has 0 aliphatic heterocycles. The number of anilines is 1. The minimum atomic E-state index is -3.64. The normalized spacial score (nSPS) is 11.5. The lowest BCUT2D eigenvalue weighted by atomic mass is 10.1. The highest BCUT2D eigenvalue weighted by Crippen LogP contribution is 2.20. The van der Waals surface area contributed by atoms with E-state index in [4.69, 9.17) is 5.73 Å². The lowest BCUT2D eigenvalue weighted by Crippen LogP contribution is -2.17. The van der Waals surface area contributed by atoms with Crippen molar-refractivity contribution in [2.75, 3.05) is 4.72 Å². The van der Waals surface area contributed by atoms with Gasteiger partial charge in [0.05, 0.1) is 11.1 Å². The quantitative estimate of drug-likeness (QED) is 0.873. The van der Waals surface area contributed by atoms with Gasteiger partial charge in [-0.1, -0.05) is 12.1 Å². The van der Waals surface area contributed by atoms with E-state index < -0.39 is 10.0 Å². The minimum absolute atomic E-state index is 0.233. The van der Waals surface area contributed by atoms with Crippen LogP contribution in [0.15, 0.2) is 35.4 Å². The first-order chi connectivity index (χ1) is 8.94. The molecule has 0 saturated heterocycles. The van der Waals surface area contributed by atoms with Crippen molar-refractivity contribution in [2.45, 2.75) is 18.4 Å². The highest BCUT2D eigenvalue weighted by molar-refractivity contribution is 7.92. The number of hydrogen-bond acceptors (Lipinski definition) is 4. The highest BCUT2D eigenvalue weighted by atomic mass is 32.2. The van der Waals surface area contributed by atoms with Crippen LogP contribution in [-0.4, -0.2) is 18.2 Å². The maximum absolute atomic E-state index is 12.3. The van der Waals surface area contributed by atoms with E-state index >= 15 is 0 Å². The van der Waals surface area contributed by atoms with Crippen LogP contribution in [0.1, 0.15) is 11.1 Å². The molecule has 3 N–H and O–H groups in total. The number of aromatic nitrogens is 2. The Bertz CT molecular complexity index is 692. The fraction of sp³-hybridized carbons (Fsp3) is 0.250. The van der Waals surface area contributed by atoms with Gasteiger partial charge in [0, 0.05) is 19.7 Å². The summed E-state index contributed by atoms with van der Waals surface area (Å²) >= 11 is 0. The summed E-state index contributed by atoms with van der Waals surface area (Å²) in [7, 11) is -1.97. The van der Waals surface area contributed by atoms with Crippen LogP contribution < -0.4 is 10.5 Å². The molecule has 1 aromatic carbocycles. The van der Waals surface area contributed by atoms with Gasteiger partial charge in [-0.2, -0.15) is 5.10 Å². The van der Waals surface area contributed by atoms with E-state index in [-0.39, 0.29) is 4.90 Å². The maximum atomic E-state index is 12.3. The standard InChI is InChI=1S/C12H16N4O2S/c1-9-3-4-10(8-13)7-11(9)19(17,18)15-12-5-6-14-16(12)2/h3-7,15H,8,13H2,1-2H3. The molecular formula is C12H16N4O2S. The fourth-order valence-electron chi connectivity index (χ4n) is 1.73. The Morgan fingerprint density at radius 3 is 2.68 bits per heavy atom. The second-order valence-electron chi connectivity index (χ2n) is 4.25. The van der Waals surface area contributed by atoms with E-state index in [0.29, 0.717) is 17.9 Å². The predicted octanol–water partition coefficient (Wildman–Crippen LogP) is 0.988. The number of rotatable bonds is 4. The molecule has 1 aromatic heterocycles. The highest BCUT2D eigenvalue weighted by Gasteiger charge is 2.18. The molecule has 0 radical (unpaired) electrons. The molecule has 2 rings (SSSR count). The number of aryl methyl sites for hydroxylation is 2. The summed E-state index contributed by atoms with van der Waals surface area (Å²) in [6.45, 7) is 2.05. The van der Waals surface area contributed by atoms with E-state index in [1.807, 2.05) is 6.07 Å². The molecule has 0 saturated carbocycles. The zero-order valence-electron chi connectivity index (χ0n) is 10.8. The second kappa shape index (κ2) is 5.02. The molecule has 0 bridgehead atoms. The Balaban J connectivity index is 2.42. The van der Waals surface area contributed by atoms with Crippen molar-refractivity contribution in [1.82, 2.24) is 9.78 Å². The summed E-state index contributed by atoms with van der Waals surface area (Å²) < 4.78 is 28.7. The molecule has 2 aromatic rings. The smallest absolute Gasteiger partial charge is 0.263 e. The molecular weight excluding hydrogens is 264 g/mol. The van der Waals surface area contributed by atoms with Crippen molar-refractivity contribution in [1.29, 1.82) is 0 Å². The molecule has 0 atom stereocenters. The van der Waals surface area contributed by atoms with Crippen LogP contribution in [0, 0.1) is 6.92 Å². The Kier molecular flexibility index (Phi) is 3.59. The van der Waals surface area contributed by atoms with E-state index in [1.165, 1.54) is 10.9 Å². The molecule has 0 aliphatic rings. The molecule has 1 heterocycles. The number of sulfonamides is 1. The van der Waals surface area contributed by atoms with Crippen molar-refractivity contribution in [2.24, 2.45) is 12.8 Å². The van der Waals surface area contributed by atoms with Gasteiger partial charge in [0.2, 0.25) is 0 Å². The van der Waals surface area contributed by atoms with E-state index in [2.05, 4.69) is 9.82 Å². The van der Waals surface area contributed by atoms with Crippen LogP contribution in [0.2, 0.25) is 0 Å². The Morgan fingerprint density at radius 2 is 2.11 bits per heavy atom. The lowest BCUT2D eigenvalue weighted by Gasteiger charge is -2.11. The van der Waals surface area contributed by atoms with Crippen molar-refractivity contribution in [3.05, 3.63) is 41.6 Å². The molecule has 0 unspecified atom stereocenters. The van der Waals surface area contributed by atoms with Gasteiger partial charge < -0.3 is 5.73 Å². The first kappa shape index (κ1) is 13.6. The Morgan fingerprint density at radius 1 is 1.37 bits per heavy atom. The summed E-state index contributed by atoms with van der Waals surface area (Å²) in [5.41, 5.74) is 6.99. The molecule has 102 valence electrons. The molecule has 0 amide bonds. The van der Waals surface area contributed by atoms with Gasteiger partial charge in [0.1, 0.15) is 5.82 Å². The monoisotopic (exact) mass is 280 g/mol. The van der Waals surface area contributed by atoms with E-state index in [9.17, 15) is 8.42 Å². The zero-order chi connectivity index (χ0) is 14.0. The lowest BCUT2D eigenvalue weighted by molar-refractivity contribution is 0.599. The van der Waals surface area contributed by atoms with Crippen molar-refractivity contribution < 1.29 is 8.42 Å². The number of benzene rings is 1. The third kappa shape index (κ3) is 2.77. The van der Waals surface area contributed by atoms with Gasteiger partial charge in [-0.25, -0.2) is 8.42 Å². The zero-order valence-corrected chi connectivity index (χ0v) is 11.6. The number of hydrogen-bond donors (Lipinski definition) is 2. The summed E-state index contributed by atoms with van der Waals surface area (Å²) in [4.78, 5) is 0.233. The van der Waals surface area contributed by atoms with E-state index in [1.54, 1.807) is 32.2 Å². The predicted molar refractivity (Wildman–Crippen MR) is 73.1 cm³/mol. The van der Waals surface area contributed by atoms with Crippen molar-refractivity contribution in [3.8, 4) is 0 Å². The largest absolute Gasteiger partial charge is 0.326 e. The number of nitrogens with one attached hydrogen (secondary N) is 1. The van der Waals surface area contributed by atoms with Crippen LogP contribution >= 0.6 is 0 Å². The number of nitrogens with two attached hydrogens (primary N) is 1. The van der Waals surface area contributed by atoms with Crippen molar-refractivity contribution in [3.63, 3.8) is 0 Å². The minimum Gasteiger partial charge on any atom is -0.326 e. The first-order valence-corrected chi connectivity index (χ1v) is 7.23. The number of nitrogens with zero attached hydrogens (tertiary/aromatic N) is 2. The van der Waals surface area contributed by atoms with Crippen molar-refractivity contribution >= 4 is 15.8 Å². The maximum Gasteiger partial charge on any atom is 0.263 e. The van der Waals surface area contributed by atoms with Gasteiger partial charge in [-0.05, 0) is 24.1 Å². The third-order valence-corrected chi connectivity index (χ3v) is 4.33. The van der Waals surface area contributed by atoms with Gasteiger partial charge >= 0.3 is 0 Å². The summed E-state index contributed by atoms with van der Waals surface area (Å²) in [6.07, 6.45) is 1.53.